The molecular weight excluding hydrogens is 247 g/mol. The Hall–Kier alpha value is -1.56. The molecule has 0 fully saturated rings. The Bertz CT molecular complexity index is 406. The lowest BCUT2D eigenvalue weighted by Crippen LogP contribution is -2.54. The molecule has 18 heavy (non-hydrogen) atoms. The van der Waals surface area contributed by atoms with E-state index < -0.39 is 23.2 Å². The zero-order chi connectivity index (χ0) is 13.8. The van der Waals surface area contributed by atoms with Crippen LogP contribution < -0.4 is 5.32 Å². The van der Waals surface area contributed by atoms with Gasteiger partial charge in [-0.1, -0.05) is 37.3 Å². The highest BCUT2D eigenvalue weighted by atomic mass is 19.4. The molecule has 0 heterocycles. The number of alkyl halides is 3. The van der Waals surface area contributed by atoms with Crippen LogP contribution in [0, 0.1) is 0 Å². The fourth-order valence-corrected chi connectivity index (χ4v) is 1.47. The van der Waals surface area contributed by atoms with Crippen molar-refractivity contribution in [2.45, 2.75) is 25.1 Å². The fraction of sp³-hybridized carbons (Fsp3) is 0.417. The van der Waals surface area contributed by atoms with Crippen LogP contribution >= 0.6 is 0 Å². The van der Waals surface area contributed by atoms with Gasteiger partial charge >= 0.3 is 6.18 Å². The second-order valence-corrected chi connectivity index (χ2v) is 3.83. The number of benzene rings is 1. The molecule has 0 unspecified atom stereocenters. The molecule has 1 rings (SSSR count). The zero-order valence-electron chi connectivity index (χ0n) is 9.79. The Morgan fingerprint density at radius 1 is 1.28 bits per heavy atom. The van der Waals surface area contributed by atoms with Gasteiger partial charge in [0.05, 0.1) is 0 Å². The number of carbonyl (C=O) groups excluding carboxylic acids is 1. The Kier molecular flexibility index (Phi) is 4.34. The first-order valence-corrected chi connectivity index (χ1v) is 5.47. The van der Waals surface area contributed by atoms with Crippen molar-refractivity contribution < 1.29 is 23.1 Å². The summed E-state index contributed by atoms with van der Waals surface area (Å²) in [5, 5.41) is 11.8. The van der Waals surface area contributed by atoms with E-state index >= 15 is 0 Å². The van der Waals surface area contributed by atoms with E-state index in [2.05, 4.69) is 5.32 Å². The minimum Gasteiger partial charge on any atom is -0.369 e. The Morgan fingerprint density at radius 3 is 2.28 bits per heavy atom. The first kappa shape index (κ1) is 14.5. The van der Waals surface area contributed by atoms with Gasteiger partial charge in [0.1, 0.15) is 0 Å². The molecule has 0 aliphatic heterocycles. The second-order valence-electron chi connectivity index (χ2n) is 3.83. The van der Waals surface area contributed by atoms with Gasteiger partial charge in [-0.05, 0) is 6.42 Å². The number of hydrogen-bond donors (Lipinski definition) is 2. The predicted molar refractivity (Wildman–Crippen MR) is 59.7 cm³/mol. The molecule has 2 N–H and O–H groups in total. The van der Waals surface area contributed by atoms with Gasteiger partial charge in [-0.3, -0.25) is 4.79 Å². The summed E-state index contributed by atoms with van der Waals surface area (Å²) in [7, 11) is 0. The summed E-state index contributed by atoms with van der Waals surface area (Å²) in [6, 6.07) is 6.31. The van der Waals surface area contributed by atoms with Crippen LogP contribution in [0.25, 0.3) is 0 Å². The van der Waals surface area contributed by atoms with E-state index in [1.807, 2.05) is 0 Å². The van der Waals surface area contributed by atoms with E-state index in [0.29, 0.717) is 6.42 Å². The van der Waals surface area contributed by atoms with Gasteiger partial charge in [-0.25, -0.2) is 0 Å². The minimum atomic E-state index is -5.08. The van der Waals surface area contributed by atoms with Crippen LogP contribution in [0.4, 0.5) is 13.2 Å². The van der Waals surface area contributed by atoms with Gasteiger partial charge in [-0.2, -0.15) is 13.2 Å². The molecule has 0 aromatic heterocycles. The van der Waals surface area contributed by atoms with Gasteiger partial charge in [0, 0.05) is 12.1 Å². The highest BCUT2D eigenvalue weighted by molar-refractivity contribution is 5.87. The third-order valence-electron chi connectivity index (χ3n) is 2.47. The highest BCUT2D eigenvalue weighted by Crippen LogP contribution is 2.39. The van der Waals surface area contributed by atoms with Crippen LogP contribution in [0.1, 0.15) is 18.9 Å². The lowest BCUT2D eigenvalue weighted by molar-refractivity contribution is -0.257. The molecule has 1 aromatic rings. The van der Waals surface area contributed by atoms with Crippen molar-refractivity contribution in [2.75, 3.05) is 6.54 Å². The molecule has 1 aromatic carbocycles. The zero-order valence-corrected chi connectivity index (χ0v) is 9.79. The molecule has 0 aliphatic rings. The van der Waals surface area contributed by atoms with Crippen molar-refractivity contribution in [3.63, 3.8) is 0 Å². The van der Waals surface area contributed by atoms with Crippen LogP contribution in [0.5, 0.6) is 0 Å². The number of halogens is 3. The summed E-state index contributed by atoms with van der Waals surface area (Å²) in [6.07, 6.45) is -4.60. The average Bonchev–Trinajstić information content (AvgIpc) is 2.34. The maximum Gasteiger partial charge on any atom is 0.430 e. The molecule has 0 spiro atoms. The van der Waals surface area contributed by atoms with E-state index in [9.17, 15) is 23.1 Å². The number of nitrogens with one attached hydrogen (secondary N) is 1. The molecule has 100 valence electrons. The smallest absolute Gasteiger partial charge is 0.369 e. The molecule has 3 nitrogen and oxygen atoms in total. The van der Waals surface area contributed by atoms with Crippen LogP contribution in [-0.2, 0) is 10.4 Å². The van der Waals surface area contributed by atoms with Crippen LogP contribution in [-0.4, -0.2) is 23.7 Å². The van der Waals surface area contributed by atoms with E-state index in [4.69, 9.17) is 0 Å². The molecule has 1 amide bonds. The van der Waals surface area contributed by atoms with Crippen LogP contribution in [0.2, 0.25) is 0 Å². The average molecular weight is 261 g/mol. The van der Waals surface area contributed by atoms with Crippen molar-refractivity contribution in [3.05, 3.63) is 35.9 Å². The summed E-state index contributed by atoms with van der Waals surface area (Å²) in [4.78, 5) is 11.6. The molecular formula is C12H14F3NO2. The second kappa shape index (κ2) is 5.39. The van der Waals surface area contributed by atoms with Crippen LogP contribution in [0.3, 0.4) is 0 Å². The number of rotatable bonds is 4. The summed E-state index contributed by atoms with van der Waals surface area (Å²) in [6.45, 7) is 1.78. The first-order valence-electron chi connectivity index (χ1n) is 5.47. The molecule has 0 radical (unpaired) electrons. The Labute approximate surface area is 103 Å². The van der Waals surface area contributed by atoms with Crippen molar-refractivity contribution in [2.24, 2.45) is 0 Å². The quantitative estimate of drug-likeness (QED) is 0.870. The summed E-state index contributed by atoms with van der Waals surface area (Å²) < 4.78 is 38.9. The summed E-state index contributed by atoms with van der Waals surface area (Å²) >= 11 is 0. The maximum atomic E-state index is 13.0. The lowest BCUT2D eigenvalue weighted by Gasteiger charge is -2.29. The third-order valence-corrected chi connectivity index (χ3v) is 2.47. The van der Waals surface area contributed by atoms with E-state index in [-0.39, 0.29) is 6.54 Å². The molecule has 0 saturated carbocycles. The van der Waals surface area contributed by atoms with Crippen molar-refractivity contribution >= 4 is 5.91 Å². The minimum absolute atomic E-state index is 0.0735. The SMILES string of the molecule is CCCNC(=O)[C@](O)(c1ccccc1)C(F)(F)F. The van der Waals surface area contributed by atoms with Crippen molar-refractivity contribution in [1.82, 2.24) is 5.32 Å². The predicted octanol–water partition coefficient (Wildman–Crippen LogP) is 1.96. The van der Waals surface area contributed by atoms with Crippen LogP contribution in [0.15, 0.2) is 30.3 Å². The van der Waals surface area contributed by atoms with E-state index in [1.165, 1.54) is 18.2 Å². The largest absolute Gasteiger partial charge is 0.430 e. The molecule has 0 aliphatic carbocycles. The van der Waals surface area contributed by atoms with Gasteiger partial charge in [0.15, 0.2) is 0 Å². The molecule has 1 atom stereocenters. The van der Waals surface area contributed by atoms with Gasteiger partial charge < -0.3 is 10.4 Å². The first-order chi connectivity index (χ1) is 8.34. The summed E-state index contributed by atoms with van der Waals surface area (Å²) in [5.74, 6) is -1.46. The Balaban J connectivity index is 3.16. The van der Waals surface area contributed by atoms with Crippen molar-refractivity contribution in [1.29, 1.82) is 0 Å². The maximum absolute atomic E-state index is 13.0. The lowest BCUT2D eigenvalue weighted by atomic mass is 9.92. The monoisotopic (exact) mass is 261 g/mol. The van der Waals surface area contributed by atoms with Crippen molar-refractivity contribution in [3.8, 4) is 0 Å². The standard InChI is InChI=1S/C12H14F3NO2/c1-2-8-16-10(17)11(18,12(13,14)15)9-6-4-3-5-7-9/h3-7,18H,2,8H2,1H3,(H,16,17)/t11-/m1/s1. The van der Waals surface area contributed by atoms with E-state index in [0.717, 1.165) is 12.1 Å². The molecule has 0 saturated heterocycles. The molecule has 0 bridgehead atoms. The number of amides is 1. The van der Waals surface area contributed by atoms with E-state index in [1.54, 1.807) is 6.92 Å². The highest BCUT2D eigenvalue weighted by Gasteiger charge is 2.60. The number of hydrogen-bond acceptors (Lipinski definition) is 2. The van der Waals surface area contributed by atoms with Gasteiger partial charge in [-0.15, -0.1) is 0 Å². The number of carbonyl (C=O) groups is 1. The normalized spacial score (nSPS) is 14.9. The topological polar surface area (TPSA) is 49.3 Å². The molecule has 6 heteroatoms. The fourth-order valence-electron chi connectivity index (χ4n) is 1.47. The third kappa shape index (κ3) is 2.64. The van der Waals surface area contributed by atoms with Gasteiger partial charge in [0.25, 0.3) is 11.5 Å². The number of aliphatic hydroxyl groups is 1. The Morgan fingerprint density at radius 2 is 1.83 bits per heavy atom. The summed E-state index contributed by atoms with van der Waals surface area (Å²) in [5.41, 5.74) is -4.00. The van der Waals surface area contributed by atoms with Gasteiger partial charge in [0.2, 0.25) is 0 Å².